The van der Waals surface area contributed by atoms with E-state index in [0.29, 0.717) is 15.8 Å². The molecule has 0 aliphatic heterocycles. The van der Waals surface area contributed by atoms with Gasteiger partial charge in [0, 0.05) is 16.4 Å². The normalized spacial score (nSPS) is 11.8. The Morgan fingerprint density at radius 1 is 1.15 bits per heavy atom. The summed E-state index contributed by atoms with van der Waals surface area (Å²) in [6.45, 7) is 3.87. The van der Waals surface area contributed by atoms with Crippen molar-refractivity contribution in [1.82, 2.24) is 10.2 Å². The molecule has 8 heteroatoms. The van der Waals surface area contributed by atoms with E-state index >= 15 is 0 Å². The maximum atomic E-state index is 12.3. The first-order valence-corrected chi connectivity index (χ1v) is 9.98. The van der Waals surface area contributed by atoms with Crippen molar-refractivity contribution in [3.63, 3.8) is 0 Å². The second kappa shape index (κ2) is 8.53. The predicted octanol–water partition coefficient (Wildman–Crippen LogP) is 5.36. The summed E-state index contributed by atoms with van der Waals surface area (Å²) in [6.07, 6.45) is 0. The molecule has 1 heterocycles. The number of nitrogens with one attached hydrogen (secondary N) is 2. The van der Waals surface area contributed by atoms with Crippen molar-refractivity contribution >= 4 is 57.1 Å². The molecule has 0 aliphatic carbocycles. The Labute approximate surface area is 165 Å². The summed E-state index contributed by atoms with van der Waals surface area (Å²) in [5.74, 6) is -0.0964. The molecule has 0 unspecified atom stereocenters. The SMILES string of the molecule is Cc1ccccc1Nc1nnc(S[C@H](C)C(=O)Nc2ccc(Cl)cc2)s1. The number of hydrogen-bond acceptors (Lipinski definition) is 6. The van der Waals surface area contributed by atoms with Crippen molar-refractivity contribution in [3.8, 4) is 0 Å². The fourth-order valence-electron chi connectivity index (χ4n) is 2.12. The molecule has 2 N–H and O–H groups in total. The number of thioether (sulfide) groups is 1. The van der Waals surface area contributed by atoms with Crippen LogP contribution in [0.15, 0.2) is 52.9 Å². The highest BCUT2D eigenvalue weighted by molar-refractivity contribution is 8.02. The van der Waals surface area contributed by atoms with Crippen LogP contribution in [0, 0.1) is 6.92 Å². The lowest BCUT2D eigenvalue weighted by Gasteiger charge is -2.10. The van der Waals surface area contributed by atoms with Crippen molar-refractivity contribution in [2.75, 3.05) is 10.6 Å². The van der Waals surface area contributed by atoms with Crippen LogP contribution in [0.25, 0.3) is 0 Å². The van der Waals surface area contributed by atoms with Crippen LogP contribution >= 0.6 is 34.7 Å². The molecule has 0 radical (unpaired) electrons. The average molecular weight is 405 g/mol. The molecule has 1 amide bonds. The Morgan fingerprint density at radius 2 is 1.88 bits per heavy atom. The quantitative estimate of drug-likeness (QED) is 0.541. The van der Waals surface area contributed by atoms with E-state index in [1.807, 2.05) is 38.1 Å². The van der Waals surface area contributed by atoms with Gasteiger partial charge in [0.25, 0.3) is 0 Å². The lowest BCUT2D eigenvalue weighted by Crippen LogP contribution is -2.22. The van der Waals surface area contributed by atoms with E-state index in [2.05, 4.69) is 20.8 Å². The van der Waals surface area contributed by atoms with Crippen LogP contribution in [0.3, 0.4) is 0 Å². The molecule has 1 aromatic heterocycles. The molecule has 0 saturated heterocycles. The Morgan fingerprint density at radius 3 is 2.62 bits per heavy atom. The minimum Gasteiger partial charge on any atom is -0.330 e. The Bertz CT molecular complexity index is 898. The standard InChI is InChI=1S/C18H17ClN4OS2/c1-11-5-3-4-6-15(11)21-17-22-23-18(26-17)25-12(2)16(24)20-14-9-7-13(19)8-10-14/h3-10,12H,1-2H3,(H,20,24)(H,21,22)/t12-/m1/s1. The molecular weight excluding hydrogens is 388 g/mol. The van der Waals surface area contributed by atoms with Crippen LogP contribution in [-0.2, 0) is 4.79 Å². The number of benzene rings is 2. The Kier molecular flexibility index (Phi) is 6.13. The van der Waals surface area contributed by atoms with Gasteiger partial charge < -0.3 is 10.6 Å². The minimum atomic E-state index is -0.301. The zero-order valence-corrected chi connectivity index (χ0v) is 16.6. The van der Waals surface area contributed by atoms with Crippen LogP contribution in [0.4, 0.5) is 16.5 Å². The average Bonchev–Trinajstić information content (AvgIpc) is 3.06. The topological polar surface area (TPSA) is 66.9 Å². The Balaban J connectivity index is 1.58. The number of carbonyl (C=O) groups is 1. The molecule has 0 bridgehead atoms. The van der Waals surface area contributed by atoms with Crippen LogP contribution in [0.5, 0.6) is 0 Å². The minimum absolute atomic E-state index is 0.0964. The van der Waals surface area contributed by atoms with Crippen LogP contribution in [0.2, 0.25) is 5.02 Å². The molecule has 0 saturated carbocycles. The summed E-state index contributed by atoms with van der Waals surface area (Å²) in [5.41, 5.74) is 2.84. The first kappa shape index (κ1) is 18.7. The second-order valence-electron chi connectivity index (χ2n) is 5.57. The van der Waals surface area contributed by atoms with Gasteiger partial charge in [0.2, 0.25) is 11.0 Å². The van der Waals surface area contributed by atoms with Crippen molar-refractivity contribution in [1.29, 1.82) is 0 Å². The summed E-state index contributed by atoms with van der Waals surface area (Å²) in [5, 5.41) is 15.5. The lowest BCUT2D eigenvalue weighted by molar-refractivity contribution is -0.115. The molecule has 3 rings (SSSR count). The van der Waals surface area contributed by atoms with Gasteiger partial charge in [0.05, 0.1) is 5.25 Å². The van der Waals surface area contributed by atoms with Gasteiger partial charge in [-0.15, -0.1) is 10.2 Å². The molecule has 3 aromatic rings. The van der Waals surface area contributed by atoms with E-state index in [1.54, 1.807) is 24.3 Å². The van der Waals surface area contributed by atoms with Crippen LogP contribution in [-0.4, -0.2) is 21.4 Å². The summed E-state index contributed by atoms with van der Waals surface area (Å²) >= 11 is 8.65. The number of carbonyl (C=O) groups excluding carboxylic acids is 1. The number of hydrogen-bond donors (Lipinski definition) is 2. The number of halogens is 1. The number of aromatic nitrogens is 2. The third kappa shape index (κ3) is 4.97. The van der Waals surface area contributed by atoms with Gasteiger partial charge in [-0.2, -0.15) is 0 Å². The van der Waals surface area contributed by atoms with E-state index in [9.17, 15) is 4.79 Å². The number of anilines is 3. The second-order valence-corrected chi connectivity index (χ2v) is 8.57. The summed E-state index contributed by atoms with van der Waals surface area (Å²) < 4.78 is 0.736. The Hall–Kier alpha value is -2.09. The van der Waals surface area contributed by atoms with Gasteiger partial charge in [-0.25, -0.2) is 0 Å². The molecule has 26 heavy (non-hydrogen) atoms. The highest BCUT2D eigenvalue weighted by Crippen LogP contribution is 2.31. The molecule has 2 aromatic carbocycles. The smallest absolute Gasteiger partial charge is 0.237 e. The van der Waals surface area contributed by atoms with Crippen molar-refractivity contribution in [3.05, 3.63) is 59.1 Å². The van der Waals surface area contributed by atoms with Gasteiger partial charge in [-0.1, -0.05) is 52.9 Å². The maximum Gasteiger partial charge on any atom is 0.237 e. The van der Waals surface area contributed by atoms with Gasteiger partial charge in [0.1, 0.15) is 0 Å². The van der Waals surface area contributed by atoms with E-state index in [4.69, 9.17) is 11.6 Å². The third-order valence-electron chi connectivity index (χ3n) is 3.55. The largest absolute Gasteiger partial charge is 0.330 e. The number of aryl methyl sites for hydroxylation is 1. The summed E-state index contributed by atoms with van der Waals surface area (Å²) in [4.78, 5) is 12.3. The van der Waals surface area contributed by atoms with E-state index in [1.165, 1.54) is 23.1 Å². The van der Waals surface area contributed by atoms with Crippen molar-refractivity contribution in [2.24, 2.45) is 0 Å². The van der Waals surface area contributed by atoms with Crippen molar-refractivity contribution in [2.45, 2.75) is 23.4 Å². The molecule has 5 nitrogen and oxygen atoms in total. The van der Waals surface area contributed by atoms with Gasteiger partial charge in [-0.3, -0.25) is 4.79 Å². The van der Waals surface area contributed by atoms with Crippen LogP contribution < -0.4 is 10.6 Å². The number of para-hydroxylation sites is 1. The van der Waals surface area contributed by atoms with E-state index < -0.39 is 0 Å². The van der Waals surface area contributed by atoms with Crippen molar-refractivity contribution < 1.29 is 4.79 Å². The first-order chi connectivity index (χ1) is 12.5. The number of rotatable bonds is 6. The molecule has 0 aliphatic rings. The first-order valence-electron chi connectivity index (χ1n) is 7.90. The third-order valence-corrected chi connectivity index (χ3v) is 5.83. The van der Waals surface area contributed by atoms with Gasteiger partial charge in [-0.05, 0) is 49.7 Å². The summed E-state index contributed by atoms with van der Waals surface area (Å²) in [7, 11) is 0. The van der Waals surface area contributed by atoms with E-state index in [0.717, 1.165) is 15.6 Å². The lowest BCUT2D eigenvalue weighted by atomic mass is 10.2. The van der Waals surface area contributed by atoms with Gasteiger partial charge in [0.15, 0.2) is 4.34 Å². The monoisotopic (exact) mass is 404 g/mol. The number of amides is 1. The van der Waals surface area contributed by atoms with Crippen LogP contribution in [0.1, 0.15) is 12.5 Å². The highest BCUT2D eigenvalue weighted by Gasteiger charge is 2.17. The molecular formula is C18H17ClN4OS2. The molecule has 1 atom stereocenters. The predicted molar refractivity (Wildman–Crippen MR) is 110 cm³/mol. The van der Waals surface area contributed by atoms with Gasteiger partial charge >= 0.3 is 0 Å². The number of nitrogens with zero attached hydrogens (tertiary/aromatic N) is 2. The fourth-order valence-corrected chi connectivity index (χ4v) is 4.15. The molecule has 0 fully saturated rings. The zero-order chi connectivity index (χ0) is 18.5. The molecule has 134 valence electrons. The van der Waals surface area contributed by atoms with E-state index in [-0.39, 0.29) is 11.2 Å². The summed E-state index contributed by atoms with van der Waals surface area (Å²) in [6, 6.07) is 15.0. The molecule has 0 spiro atoms. The highest BCUT2D eigenvalue weighted by atomic mass is 35.5. The maximum absolute atomic E-state index is 12.3. The zero-order valence-electron chi connectivity index (χ0n) is 14.2. The fraction of sp³-hybridized carbons (Fsp3) is 0.167.